The number of hydrogen-bond acceptors (Lipinski definition) is 4. The van der Waals surface area contributed by atoms with Crippen LogP contribution in [0.4, 0.5) is 5.95 Å². The lowest BCUT2D eigenvalue weighted by atomic mass is 10.3. The molecule has 17 heavy (non-hydrogen) atoms. The average molecular weight is 233 g/mol. The zero-order valence-corrected chi connectivity index (χ0v) is 9.71. The molecule has 0 amide bonds. The molecule has 1 aliphatic rings. The second-order valence-corrected chi connectivity index (χ2v) is 4.31. The van der Waals surface area contributed by atoms with Gasteiger partial charge in [0.15, 0.2) is 0 Å². The summed E-state index contributed by atoms with van der Waals surface area (Å²) in [5.41, 5.74) is 0.691. The standard InChI is InChI=1S/C12H15N3O2/c1-15(8-9-2-3-9)12-13-6-10(7-14-12)4-5-11(16)17/h4-7,9H,2-3,8H2,1H3,(H,16,17)/b5-4+. The van der Waals surface area contributed by atoms with Crippen molar-refractivity contribution in [1.29, 1.82) is 0 Å². The van der Waals surface area contributed by atoms with Crippen LogP contribution >= 0.6 is 0 Å². The van der Waals surface area contributed by atoms with Crippen molar-refractivity contribution < 1.29 is 9.90 Å². The predicted molar refractivity (Wildman–Crippen MR) is 64.7 cm³/mol. The van der Waals surface area contributed by atoms with Gasteiger partial charge in [0, 0.05) is 37.6 Å². The van der Waals surface area contributed by atoms with Crippen molar-refractivity contribution >= 4 is 18.0 Å². The molecule has 1 aromatic heterocycles. The lowest BCUT2D eigenvalue weighted by Gasteiger charge is -2.15. The number of anilines is 1. The lowest BCUT2D eigenvalue weighted by Crippen LogP contribution is -2.22. The Morgan fingerprint density at radius 1 is 1.53 bits per heavy atom. The molecule has 0 spiro atoms. The van der Waals surface area contributed by atoms with E-state index in [1.54, 1.807) is 12.4 Å². The highest BCUT2D eigenvalue weighted by Gasteiger charge is 2.23. The summed E-state index contributed by atoms with van der Waals surface area (Å²) >= 11 is 0. The summed E-state index contributed by atoms with van der Waals surface area (Å²) in [7, 11) is 1.97. The average Bonchev–Trinajstić information content (AvgIpc) is 3.11. The van der Waals surface area contributed by atoms with Crippen LogP contribution < -0.4 is 4.90 Å². The third-order valence-corrected chi connectivity index (χ3v) is 2.65. The van der Waals surface area contributed by atoms with Gasteiger partial charge in [0.2, 0.25) is 5.95 Å². The first-order valence-electron chi connectivity index (χ1n) is 5.59. The van der Waals surface area contributed by atoms with Gasteiger partial charge in [-0.1, -0.05) is 0 Å². The SMILES string of the molecule is CN(CC1CC1)c1ncc(/C=C/C(=O)O)cn1. The number of hydrogen-bond donors (Lipinski definition) is 1. The molecule has 0 unspecified atom stereocenters. The maximum Gasteiger partial charge on any atom is 0.328 e. The third kappa shape index (κ3) is 3.55. The summed E-state index contributed by atoms with van der Waals surface area (Å²) in [4.78, 5) is 20.8. The molecular weight excluding hydrogens is 218 g/mol. The number of aromatic nitrogens is 2. The summed E-state index contributed by atoms with van der Waals surface area (Å²) in [6.07, 6.45) is 8.41. The molecule has 2 rings (SSSR count). The quantitative estimate of drug-likeness (QED) is 0.779. The minimum atomic E-state index is -0.972. The molecule has 1 aromatic rings. The molecule has 5 nitrogen and oxygen atoms in total. The Labute approximate surface area is 99.8 Å². The van der Waals surface area contributed by atoms with Gasteiger partial charge in [-0.25, -0.2) is 14.8 Å². The van der Waals surface area contributed by atoms with E-state index in [1.807, 2.05) is 11.9 Å². The van der Waals surface area contributed by atoms with Crippen LogP contribution in [-0.4, -0.2) is 34.6 Å². The fourth-order valence-electron chi connectivity index (χ4n) is 1.55. The maximum atomic E-state index is 10.3. The molecule has 0 saturated heterocycles. The van der Waals surface area contributed by atoms with Crippen molar-refractivity contribution in [3.8, 4) is 0 Å². The topological polar surface area (TPSA) is 66.3 Å². The van der Waals surface area contributed by atoms with Gasteiger partial charge in [0.1, 0.15) is 0 Å². The van der Waals surface area contributed by atoms with E-state index in [1.165, 1.54) is 18.9 Å². The van der Waals surface area contributed by atoms with Gasteiger partial charge in [-0.3, -0.25) is 0 Å². The van der Waals surface area contributed by atoms with Crippen molar-refractivity contribution in [2.75, 3.05) is 18.5 Å². The molecule has 0 radical (unpaired) electrons. The summed E-state index contributed by atoms with van der Waals surface area (Å²) in [6.45, 7) is 0.990. The number of rotatable bonds is 5. The second kappa shape index (κ2) is 4.95. The molecular formula is C12H15N3O2. The number of carboxylic acid groups (broad SMARTS) is 1. The van der Waals surface area contributed by atoms with Gasteiger partial charge in [-0.05, 0) is 24.8 Å². The Hall–Kier alpha value is -1.91. The Bertz CT molecular complexity index is 424. The van der Waals surface area contributed by atoms with Crippen LogP contribution in [0.5, 0.6) is 0 Å². The van der Waals surface area contributed by atoms with Crippen LogP contribution in [0.3, 0.4) is 0 Å². The normalized spacial score (nSPS) is 15.1. The van der Waals surface area contributed by atoms with E-state index in [0.717, 1.165) is 18.5 Å². The molecule has 1 fully saturated rings. The van der Waals surface area contributed by atoms with Crippen LogP contribution in [0.2, 0.25) is 0 Å². The van der Waals surface area contributed by atoms with Crippen molar-refractivity contribution in [1.82, 2.24) is 9.97 Å². The Morgan fingerprint density at radius 2 is 2.18 bits per heavy atom. The molecule has 1 N–H and O–H groups in total. The van der Waals surface area contributed by atoms with Gasteiger partial charge in [0.25, 0.3) is 0 Å². The number of carbonyl (C=O) groups is 1. The van der Waals surface area contributed by atoms with Gasteiger partial charge in [0.05, 0.1) is 0 Å². The Morgan fingerprint density at radius 3 is 2.71 bits per heavy atom. The highest BCUT2D eigenvalue weighted by molar-refractivity contribution is 5.85. The van der Waals surface area contributed by atoms with Gasteiger partial charge >= 0.3 is 5.97 Å². The van der Waals surface area contributed by atoms with E-state index in [4.69, 9.17) is 5.11 Å². The molecule has 0 atom stereocenters. The maximum absolute atomic E-state index is 10.3. The van der Waals surface area contributed by atoms with E-state index in [0.29, 0.717) is 11.5 Å². The largest absolute Gasteiger partial charge is 0.478 e. The van der Waals surface area contributed by atoms with E-state index in [9.17, 15) is 4.79 Å². The number of nitrogens with zero attached hydrogens (tertiary/aromatic N) is 3. The first-order chi connectivity index (χ1) is 8.15. The van der Waals surface area contributed by atoms with Crippen molar-refractivity contribution in [3.63, 3.8) is 0 Å². The minimum absolute atomic E-state index is 0.685. The molecule has 0 aromatic carbocycles. The first kappa shape index (κ1) is 11.6. The molecule has 90 valence electrons. The summed E-state index contributed by atoms with van der Waals surface area (Å²) in [5, 5.41) is 8.49. The third-order valence-electron chi connectivity index (χ3n) is 2.65. The van der Waals surface area contributed by atoms with Crippen molar-refractivity contribution in [3.05, 3.63) is 24.0 Å². The molecule has 1 heterocycles. The summed E-state index contributed by atoms with van der Waals surface area (Å²) in [6, 6.07) is 0. The number of aliphatic carboxylic acids is 1. The van der Waals surface area contributed by atoms with Crippen LogP contribution in [0.25, 0.3) is 6.08 Å². The fraction of sp³-hybridized carbons (Fsp3) is 0.417. The highest BCUT2D eigenvalue weighted by Crippen LogP contribution is 2.29. The molecule has 5 heteroatoms. The van der Waals surface area contributed by atoms with Crippen molar-refractivity contribution in [2.24, 2.45) is 5.92 Å². The molecule has 1 saturated carbocycles. The summed E-state index contributed by atoms with van der Waals surface area (Å²) < 4.78 is 0. The zero-order valence-electron chi connectivity index (χ0n) is 9.71. The van der Waals surface area contributed by atoms with E-state index < -0.39 is 5.97 Å². The van der Waals surface area contributed by atoms with Gasteiger partial charge in [-0.15, -0.1) is 0 Å². The van der Waals surface area contributed by atoms with E-state index in [-0.39, 0.29) is 0 Å². The lowest BCUT2D eigenvalue weighted by molar-refractivity contribution is -0.131. The van der Waals surface area contributed by atoms with E-state index >= 15 is 0 Å². The first-order valence-corrected chi connectivity index (χ1v) is 5.59. The van der Waals surface area contributed by atoms with Crippen LogP contribution in [0, 0.1) is 5.92 Å². The second-order valence-electron chi connectivity index (χ2n) is 4.31. The Balaban J connectivity index is 1.98. The predicted octanol–water partition coefficient (Wildman–Crippen LogP) is 1.42. The molecule has 0 bridgehead atoms. The van der Waals surface area contributed by atoms with Crippen molar-refractivity contribution in [2.45, 2.75) is 12.8 Å². The van der Waals surface area contributed by atoms with E-state index in [2.05, 4.69) is 9.97 Å². The van der Waals surface area contributed by atoms with Crippen LogP contribution in [0.15, 0.2) is 18.5 Å². The molecule has 0 aliphatic heterocycles. The van der Waals surface area contributed by atoms with Crippen LogP contribution in [0.1, 0.15) is 18.4 Å². The molecule has 1 aliphatic carbocycles. The van der Waals surface area contributed by atoms with Crippen LogP contribution in [-0.2, 0) is 4.79 Å². The fourth-order valence-corrected chi connectivity index (χ4v) is 1.55. The minimum Gasteiger partial charge on any atom is -0.478 e. The number of carboxylic acids is 1. The summed E-state index contributed by atoms with van der Waals surface area (Å²) in [5.74, 6) is 0.500. The highest BCUT2D eigenvalue weighted by atomic mass is 16.4. The van der Waals surface area contributed by atoms with Gasteiger partial charge in [-0.2, -0.15) is 0 Å². The van der Waals surface area contributed by atoms with Gasteiger partial charge < -0.3 is 10.0 Å². The monoisotopic (exact) mass is 233 g/mol. The Kier molecular flexibility index (Phi) is 3.37. The zero-order chi connectivity index (χ0) is 12.3. The smallest absolute Gasteiger partial charge is 0.328 e.